The molecule has 2 aromatic heterocycles. The molecule has 1 amide bonds. The van der Waals surface area contributed by atoms with E-state index in [0.29, 0.717) is 24.7 Å². The van der Waals surface area contributed by atoms with Gasteiger partial charge in [0.25, 0.3) is 0 Å². The zero-order chi connectivity index (χ0) is 17.9. The zero-order valence-corrected chi connectivity index (χ0v) is 14.3. The van der Waals surface area contributed by atoms with E-state index in [4.69, 9.17) is 9.26 Å². The molecule has 4 rings (SSSR count). The molecule has 1 saturated heterocycles. The summed E-state index contributed by atoms with van der Waals surface area (Å²) in [6.07, 6.45) is 4.53. The molecule has 0 bridgehead atoms. The first-order chi connectivity index (χ1) is 12.7. The molecule has 7 nitrogen and oxygen atoms in total. The minimum atomic E-state index is -0.154. The third kappa shape index (κ3) is 3.15. The Hall–Kier alpha value is -3.22. The lowest BCUT2D eigenvalue weighted by molar-refractivity contribution is -0.139. The number of pyridine rings is 1. The summed E-state index contributed by atoms with van der Waals surface area (Å²) in [7, 11) is 1.62. The maximum Gasteiger partial charge on any atom is 0.249 e. The quantitative estimate of drug-likeness (QED) is 0.704. The molecule has 132 valence electrons. The molecule has 0 aliphatic carbocycles. The van der Waals surface area contributed by atoms with Crippen molar-refractivity contribution in [2.45, 2.75) is 18.9 Å². The zero-order valence-electron chi connectivity index (χ0n) is 14.3. The minimum absolute atomic E-state index is 0.0487. The number of ether oxygens (including phenoxy) is 1. The number of aromatic nitrogens is 3. The number of rotatable bonds is 5. The number of nitrogens with zero attached hydrogens (tertiary/aromatic N) is 4. The van der Waals surface area contributed by atoms with Crippen molar-refractivity contribution in [1.82, 2.24) is 20.0 Å². The van der Waals surface area contributed by atoms with Crippen LogP contribution in [0, 0.1) is 0 Å². The fraction of sp³-hybridized carbons (Fsp3) is 0.263. The molecule has 1 aliphatic heterocycles. The van der Waals surface area contributed by atoms with Gasteiger partial charge in [0, 0.05) is 24.5 Å². The third-order valence-corrected chi connectivity index (χ3v) is 4.50. The predicted molar refractivity (Wildman–Crippen MR) is 93.3 cm³/mol. The SMILES string of the molecule is COc1ccc(CC(=O)N2CC[C@H]2c2nc(-c3cccnc3)no2)cc1. The Morgan fingerprint density at radius 2 is 2.15 bits per heavy atom. The highest BCUT2D eigenvalue weighted by atomic mass is 16.5. The molecule has 1 aliphatic rings. The van der Waals surface area contributed by atoms with Crippen LogP contribution in [0.5, 0.6) is 5.75 Å². The second-order valence-corrected chi connectivity index (χ2v) is 6.11. The van der Waals surface area contributed by atoms with Crippen LogP contribution in [0.15, 0.2) is 53.3 Å². The summed E-state index contributed by atoms with van der Waals surface area (Å²) < 4.78 is 10.5. The summed E-state index contributed by atoms with van der Waals surface area (Å²) >= 11 is 0. The first-order valence-corrected chi connectivity index (χ1v) is 8.41. The number of carbonyl (C=O) groups excluding carboxylic acids is 1. The van der Waals surface area contributed by atoms with Crippen molar-refractivity contribution >= 4 is 5.91 Å². The van der Waals surface area contributed by atoms with E-state index in [9.17, 15) is 4.79 Å². The van der Waals surface area contributed by atoms with Crippen molar-refractivity contribution in [1.29, 1.82) is 0 Å². The highest BCUT2D eigenvalue weighted by Gasteiger charge is 2.37. The van der Waals surface area contributed by atoms with E-state index in [1.54, 1.807) is 24.4 Å². The van der Waals surface area contributed by atoms with Gasteiger partial charge < -0.3 is 14.2 Å². The molecule has 1 aromatic carbocycles. The van der Waals surface area contributed by atoms with Crippen LogP contribution < -0.4 is 4.74 Å². The lowest BCUT2D eigenvalue weighted by atomic mass is 10.0. The highest BCUT2D eigenvalue weighted by Crippen LogP contribution is 2.33. The van der Waals surface area contributed by atoms with E-state index in [1.807, 2.05) is 36.4 Å². The second kappa shape index (κ2) is 6.95. The molecular formula is C19H18N4O3. The van der Waals surface area contributed by atoms with Gasteiger partial charge in [0.1, 0.15) is 11.8 Å². The van der Waals surface area contributed by atoms with E-state index >= 15 is 0 Å². The number of likely N-dealkylation sites (tertiary alicyclic amines) is 1. The number of amides is 1. The summed E-state index contributed by atoms with van der Waals surface area (Å²) in [6.45, 7) is 0.699. The maximum absolute atomic E-state index is 12.6. The first kappa shape index (κ1) is 16.3. The van der Waals surface area contributed by atoms with Crippen molar-refractivity contribution in [3.05, 3.63) is 60.2 Å². The standard InChI is InChI=1S/C19H18N4O3/c1-25-15-6-4-13(5-7-15)11-17(24)23-10-8-16(23)19-21-18(22-26-19)14-3-2-9-20-12-14/h2-7,9,12,16H,8,10-11H2,1H3/t16-/m0/s1. The Morgan fingerprint density at radius 3 is 2.81 bits per heavy atom. The van der Waals surface area contributed by atoms with Gasteiger partial charge in [0.05, 0.1) is 13.5 Å². The lowest BCUT2D eigenvalue weighted by Gasteiger charge is -2.38. The second-order valence-electron chi connectivity index (χ2n) is 6.11. The number of methoxy groups -OCH3 is 1. The van der Waals surface area contributed by atoms with Gasteiger partial charge in [-0.3, -0.25) is 9.78 Å². The van der Waals surface area contributed by atoms with Crippen LogP contribution >= 0.6 is 0 Å². The van der Waals surface area contributed by atoms with Gasteiger partial charge in [-0.05, 0) is 36.2 Å². The van der Waals surface area contributed by atoms with Gasteiger partial charge in [-0.25, -0.2) is 0 Å². The molecule has 1 atom stereocenters. The summed E-state index contributed by atoms with van der Waals surface area (Å²) in [4.78, 5) is 22.9. The van der Waals surface area contributed by atoms with E-state index in [0.717, 1.165) is 23.3 Å². The number of benzene rings is 1. The van der Waals surface area contributed by atoms with E-state index in [1.165, 1.54) is 0 Å². The third-order valence-electron chi connectivity index (χ3n) is 4.50. The van der Waals surface area contributed by atoms with Crippen molar-refractivity contribution in [3.63, 3.8) is 0 Å². The molecule has 3 heterocycles. The van der Waals surface area contributed by atoms with Gasteiger partial charge in [-0.1, -0.05) is 17.3 Å². The van der Waals surface area contributed by atoms with Crippen molar-refractivity contribution in [3.8, 4) is 17.1 Å². The van der Waals surface area contributed by atoms with Crippen LogP contribution in [0.25, 0.3) is 11.4 Å². The summed E-state index contributed by atoms with van der Waals surface area (Å²) in [6, 6.07) is 11.0. The Bertz CT molecular complexity index is 893. The average Bonchev–Trinajstić information content (AvgIpc) is 3.11. The van der Waals surface area contributed by atoms with Crippen LogP contribution in [0.2, 0.25) is 0 Å². The molecule has 1 fully saturated rings. The monoisotopic (exact) mass is 350 g/mol. The van der Waals surface area contributed by atoms with Crippen LogP contribution in [0.3, 0.4) is 0 Å². The van der Waals surface area contributed by atoms with E-state index in [-0.39, 0.29) is 11.9 Å². The predicted octanol–water partition coefficient (Wildman–Crippen LogP) is 2.66. The first-order valence-electron chi connectivity index (χ1n) is 8.41. The van der Waals surface area contributed by atoms with E-state index < -0.39 is 0 Å². The largest absolute Gasteiger partial charge is 0.497 e. The molecular weight excluding hydrogens is 332 g/mol. The van der Waals surface area contributed by atoms with Crippen molar-refractivity contribution < 1.29 is 14.1 Å². The molecule has 26 heavy (non-hydrogen) atoms. The van der Waals surface area contributed by atoms with Crippen LogP contribution in [0.4, 0.5) is 0 Å². The molecule has 0 saturated carbocycles. The fourth-order valence-corrected chi connectivity index (χ4v) is 2.94. The topological polar surface area (TPSA) is 81.4 Å². The normalized spacial score (nSPS) is 16.2. The number of carbonyl (C=O) groups is 1. The smallest absolute Gasteiger partial charge is 0.249 e. The van der Waals surface area contributed by atoms with Crippen LogP contribution in [0.1, 0.15) is 23.9 Å². The van der Waals surface area contributed by atoms with E-state index in [2.05, 4.69) is 15.1 Å². The van der Waals surface area contributed by atoms with Gasteiger partial charge in [-0.15, -0.1) is 0 Å². The molecule has 0 spiro atoms. The highest BCUT2D eigenvalue weighted by molar-refractivity contribution is 5.80. The van der Waals surface area contributed by atoms with Crippen molar-refractivity contribution in [2.24, 2.45) is 0 Å². The van der Waals surface area contributed by atoms with Crippen LogP contribution in [-0.4, -0.2) is 39.6 Å². The molecule has 0 N–H and O–H groups in total. The Balaban J connectivity index is 1.44. The van der Waals surface area contributed by atoms with Gasteiger partial charge in [0.15, 0.2) is 0 Å². The Labute approximate surface area is 150 Å². The molecule has 3 aromatic rings. The fourth-order valence-electron chi connectivity index (χ4n) is 2.94. The Kier molecular flexibility index (Phi) is 4.35. The van der Waals surface area contributed by atoms with Gasteiger partial charge >= 0.3 is 0 Å². The van der Waals surface area contributed by atoms with Gasteiger partial charge in [0.2, 0.25) is 17.6 Å². The molecule has 0 unspecified atom stereocenters. The maximum atomic E-state index is 12.6. The van der Waals surface area contributed by atoms with Crippen LogP contribution in [-0.2, 0) is 11.2 Å². The lowest BCUT2D eigenvalue weighted by Crippen LogP contribution is -2.46. The minimum Gasteiger partial charge on any atom is -0.497 e. The van der Waals surface area contributed by atoms with Crippen molar-refractivity contribution in [2.75, 3.05) is 13.7 Å². The number of hydrogen-bond donors (Lipinski definition) is 0. The summed E-state index contributed by atoms with van der Waals surface area (Å²) in [5.74, 6) is 1.78. The Morgan fingerprint density at radius 1 is 1.31 bits per heavy atom. The average molecular weight is 350 g/mol. The summed E-state index contributed by atoms with van der Waals surface area (Å²) in [5, 5.41) is 4.01. The number of hydrogen-bond acceptors (Lipinski definition) is 6. The summed E-state index contributed by atoms with van der Waals surface area (Å²) in [5.41, 5.74) is 1.74. The molecule has 7 heteroatoms. The molecule has 0 radical (unpaired) electrons. The van der Waals surface area contributed by atoms with Gasteiger partial charge in [-0.2, -0.15) is 4.98 Å².